The van der Waals surface area contributed by atoms with Gasteiger partial charge >= 0.3 is 0 Å². The van der Waals surface area contributed by atoms with E-state index in [2.05, 4.69) is 23.4 Å². The minimum Gasteiger partial charge on any atom is -0.279 e. The summed E-state index contributed by atoms with van der Waals surface area (Å²) in [6.07, 6.45) is 6.00. The Morgan fingerprint density at radius 1 is 1.45 bits per heavy atom. The summed E-state index contributed by atoms with van der Waals surface area (Å²) in [5, 5.41) is 0. The first-order valence-corrected chi connectivity index (χ1v) is 4.55. The van der Waals surface area contributed by atoms with Crippen LogP contribution in [-0.4, -0.2) is 6.61 Å². The molecule has 0 saturated heterocycles. The highest BCUT2D eigenvalue weighted by Gasteiger charge is 2.41. The maximum Gasteiger partial charge on any atom is 0.0719 e. The highest BCUT2D eigenvalue weighted by Crippen LogP contribution is 2.47. The van der Waals surface area contributed by atoms with E-state index in [1.807, 2.05) is 0 Å². The van der Waals surface area contributed by atoms with Gasteiger partial charge in [0.1, 0.15) is 0 Å². The Morgan fingerprint density at radius 2 is 2.18 bits per heavy atom. The summed E-state index contributed by atoms with van der Waals surface area (Å²) in [6, 6.07) is 0. The molecule has 1 fully saturated rings. The van der Waals surface area contributed by atoms with E-state index in [4.69, 9.17) is 11.9 Å². The Hall–Kier alpha value is -0.0100. The van der Waals surface area contributed by atoms with Crippen LogP contribution in [0.25, 0.3) is 0 Å². The minimum atomic E-state index is 0.669. The van der Waals surface area contributed by atoms with Crippen LogP contribution in [0.4, 0.5) is 0 Å². The molecule has 0 N–H and O–H groups in total. The Balaban J connectivity index is 2.06. The fraction of sp³-hybridized carbons (Fsp3) is 0.778. The largest absolute Gasteiger partial charge is 0.279 e. The van der Waals surface area contributed by atoms with Crippen molar-refractivity contribution in [1.82, 2.24) is 0 Å². The first kappa shape index (κ1) is 7.63. The lowest BCUT2D eigenvalue weighted by molar-refractivity contribution is 0.204. The molecular formula is C9H13ClO. The SMILES string of the molecule is CC1C2C=CC(C2)C1COCl. The molecule has 1 nitrogen and oxygen atoms in total. The van der Waals surface area contributed by atoms with Crippen molar-refractivity contribution in [3.63, 3.8) is 0 Å². The summed E-state index contributed by atoms with van der Waals surface area (Å²) in [5.41, 5.74) is 0. The highest BCUT2D eigenvalue weighted by molar-refractivity contribution is 6.07. The summed E-state index contributed by atoms with van der Waals surface area (Å²) in [4.78, 5) is 0. The molecule has 4 unspecified atom stereocenters. The van der Waals surface area contributed by atoms with Gasteiger partial charge in [-0.05, 0) is 30.1 Å². The van der Waals surface area contributed by atoms with Gasteiger partial charge in [0.25, 0.3) is 0 Å². The monoisotopic (exact) mass is 172 g/mol. The Morgan fingerprint density at radius 3 is 2.73 bits per heavy atom. The fourth-order valence-electron chi connectivity index (χ4n) is 2.52. The van der Waals surface area contributed by atoms with E-state index in [0.29, 0.717) is 12.5 Å². The predicted octanol–water partition coefficient (Wildman–Crippen LogP) is 2.62. The third kappa shape index (κ3) is 1.11. The predicted molar refractivity (Wildman–Crippen MR) is 45.2 cm³/mol. The van der Waals surface area contributed by atoms with Gasteiger partial charge in [0.2, 0.25) is 0 Å². The zero-order chi connectivity index (χ0) is 7.84. The zero-order valence-electron chi connectivity index (χ0n) is 6.66. The van der Waals surface area contributed by atoms with Crippen LogP contribution in [0.3, 0.4) is 0 Å². The smallest absolute Gasteiger partial charge is 0.0719 e. The number of hydrogen-bond acceptors (Lipinski definition) is 1. The zero-order valence-corrected chi connectivity index (χ0v) is 7.42. The average molecular weight is 173 g/mol. The fourth-order valence-corrected chi connectivity index (χ4v) is 2.67. The third-order valence-corrected chi connectivity index (χ3v) is 3.43. The molecule has 0 aromatic carbocycles. The summed E-state index contributed by atoms with van der Waals surface area (Å²) < 4.78 is 4.69. The van der Waals surface area contributed by atoms with Gasteiger partial charge in [-0.1, -0.05) is 19.1 Å². The first-order chi connectivity index (χ1) is 5.33. The molecule has 0 aliphatic heterocycles. The van der Waals surface area contributed by atoms with Crippen molar-refractivity contribution >= 4 is 11.9 Å². The Bertz CT molecular complexity index is 178. The van der Waals surface area contributed by atoms with Crippen LogP contribution in [0.15, 0.2) is 12.2 Å². The van der Waals surface area contributed by atoms with Gasteiger partial charge in [-0.15, -0.1) is 0 Å². The molecule has 0 heterocycles. The molecule has 0 aromatic rings. The second-order valence-electron chi connectivity index (χ2n) is 3.75. The molecule has 11 heavy (non-hydrogen) atoms. The first-order valence-electron chi connectivity index (χ1n) is 4.25. The molecule has 62 valence electrons. The van der Waals surface area contributed by atoms with Crippen LogP contribution in [0.1, 0.15) is 13.3 Å². The molecule has 2 heteroatoms. The van der Waals surface area contributed by atoms with Gasteiger partial charge in [0, 0.05) is 0 Å². The van der Waals surface area contributed by atoms with Crippen molar-refractivity contribution in [3.8, 4) is 0 Å². The van der Waals surface area contributed by atoms with E-state index in [9.17, 15) is 0 Å². The lowest BCUT2D eigenvalue weighted by Crippen LogP contribution is -2.20. The van der Waals surface area contributed by atoms with Gasteiger partial charge in [-0.2, -0.15) is 0 Å². The quantitative estimate of drug-likeness (QED) is 0.582. The molecule has 0 spiro atoms. The van der Waals surface area contributed by atoms with Gasteiger partial charge in [0.05, 0.1) is 18.5 Å². The number of hydrogen-bond donors (Lipinski definition) is 0. The van der Waals surface area contributed by atoms with Crippen LogP contribution >= 0.6 is 11.9 Å². The lowest BCUT2D eigenvalue weighted by Gasteiger charge is -2.22. The molecule has 2 bridgehead atoms. The summed E-state index contributed by atoms with van der Waals surface area (Å²) >= 11 is 5.26. The molecule has 2 aliphatic rings. The normalized spacial score (nSPS) is 47.1. The second-order valence-corrected chi connectivity index (χ2v) is 3.97. The molecule has 0 amide bonds. The summed E-state index contributed by atoms with van der Waals surface area (Å²) in [5.74, 6) is 2.98. The van der Waals surface area contributed by atoms with Crippen molar-refractivity contribution in [2.75, 3.05) is 6.61 Å². The molecule has 2 aliphatic carbocycles. The van der Waals surface area contributed by atoms with Crippen molar-refractivity contribution in [3.05, 3.63) is 12.2 Å². The van der Waals surface area contributed by atoms with Gasteiger partial charge in [0.15, 0.2) is 0 Å². The van der Waals surface area contributed by atoms with E-state index in [1.165, 1.54) is 6.42 Å². The Kier molecular flexibility index (Phi) is 1.94. The van der Waals surface area contributed by atoms with Gasteiger partial charge in [-0.25, -0.2) is 0 Å². The lowest BCUT2D eigenvalue weighted by atomic mass is 9.85. The highest BCUT2D eigenvalue weighted by atomic mass is 35.5. The molecule has 0 aromatic heterocycles. The average Bonchev–Trinajstić information content (AvgIpc) is 2.54. The minimum absolute atomic E-state index is 0.669. The third-order valence-electron chi connectivity index (χ3n) is 3.31. The van der Waals surface area contributed by atoms with E-state index in [-0.39, 0.29) is 0 Å². The summed E-state index contributed by atoms with van der Waals surface area (Å²) in [7, 11) is 0. The van der Waals surface area contributed by atoms with E-state index < -0.39 is 0 Å². The maximum absolute atomic E-state index is 5.26. The standard InChI is InChI=1S/C9H13ClO/c1-6-7-2-3-8(4-7)9(6)5-11-10/h2-3,6-9H,4-5H2,1H3. The second kappa shape index (κ2) is 2.80. The van der Waals surface area contributed by atoms with Crippen LogP contribution in [0.2, 0.25) is 0 Å². The molecule has 0 radical (unpaired) electrons. The van der Waals surface area contributed by atoms with Crippen molar-refractivity contribution in [2.24, 2.45) is 23.7 Å². The molecule has 4 atom stereocenters. The van der Waals surface area contributed by atoms with Crippen LogP contribution in [0, 0.1) is 23.7 Å². The molecule has 1 saturated carbocycles. The van der Waals surface area contributed by atoms with Crippen molar-refractivity contribution in [2.45, 2.75) is 13.3 Å². The van der Waals surface area contributed by atoms with Crippen LogP contribution in [-0.2, 0) is 4.29 Å². The maximum atomic E-state index is 5.26. The molecular weight excluding hydrogens is 160 g/mol. The Labute approximate surface area is 72.5 Å². The van der Waals surface area contributed by atoms with Gasteiger partial charge < -0.3 is 0 Å². The number of halogens is 1. The topological polar surface area (TPSA) is 9.23 Å². The number of rotatable bonds is 2. The van der Waals surface area contributed by atoms with Crippen LogP contribution in [0.5, 0.6) is 0 Å². The van der Waals surface area contributed by atoms with E-state index in [0.717, 1.165) is 17.8 Å². The van der Waals surface area contributed by atoms with E-state index in [1.54, 1.807) is 0 Å². The summed E-state index contributed by atoms with van der Waals surface area (Å²) in [6.45, 7) is 3.02. The number of allylic oxidation sites excluding steroid dienone is 2. The van der Waals surface area contributed by atoms with Gasteiger partial charge in [-0.3, -0.25) is 4.29 Å². The van der Waals surface area contributed by atoms with Crippen molar-refractivity contribution in [1.29, 1.82) is 0 Å². The van der Waals surface area contributed by atoms with Crippen LogP contribution < -0.4 is 0 Å². The molecule has 2 rings (SSSR count). The number of fused-ring (bicyclic) bond motifs is 2. The van der Waals surface area contributed by atoms with E-state index >= 15 is 0 Å². The van der Waals surface area contributed by atoms with Crippen molar-refractivity contribution < 1.29 is 4.29 Å².